The number of Topliss-reactive ketones (excluding diaryl/α,β-unsaturated/α-hetero) is 1. The van der Waals surface area contributed by atoms with Gasteiger partial charge < -0.3 is 4.74 Å². The van der Waals surface area contributed by atoms with Crippen molar-refractivity contribution < 1.29 is 9.53 Å². The summed E-state index contributed by atoms with van der Waals surface area (Å²) in [6, 6.07) is 9.46. The van der Waals surface area contributed by atoms with E-state index in [1.165, 1.54) is 0 Å². The van der Waals surface area contributed by atoms with Gasteiger partial charge in [-0.2, -0.15) is 0 Å². The van der Waals surface area contributed by atoms with Crippen molar-refractivity contribution in [3.63, 3.8) is 0 Å². The van der Waals surface area contributed by atoms with Crippen molar-refractivity contribution in [2.24, 2.45) is 0 Å². The molecule has 0 radical (unpaired) electrons. The zero-order valence-corrected chi connectivity index (χ0v) is 10.1. The number of nitrogens with zero attached hydrogens (tertiary/aromatic N) is 1. The van der Waals surface area contributed by atoms with E-state index in [0.717, 1.165) is 28.9 Å². The Labute approximate surface area is 105 Å². The summed E-state index contributed by atoms with van der Waals surface area (Å²) < 4.78 is 5.19. The molecule has 0 spiro atoms. The summed E-state index contributed by atoms with van der Waals surface area (Å²) in [5.41, 5.74) is 2.86. The maximum Gasteiger partial charge on any atom is 0.170 e. The molecule has 1 aromatic heterocycles. The van der Waals surface area contributed by atoms with Crippen LogP contribution in [0.15, 0.2) is 42.7 Å². The van der Waals surface area contributed by atoms with E-state index in [-0.39, 0.29) is 11.7 Å². The van der Waals surface area contributed by atoms with Crippen molar-refractivity contribution in [1.29, 1.82) is 0 Å². The van der Waals surface area contributed by atoms with Crippen LogP contribution in [0.25, 0.3) is 0 Å². The van der Waals surface area contributed by atoms with Crippen molar-refractivity contribution in [2.45, 2.75) is 12.3 Å². The minimum Gasteiger partial charge on any atom is -0.497 e. The maximum atomic E-state index is 12.3. The lowest BCUT2D eigenvalue weighted by molar-refractivity contribution is 0.0972. The Morgan fingerprint density at radius 1 is 1.33 bits per heavy atom. The lowest BCUT2D eigenvalue weighted by Gasteiger charge is -2.06. The Balaban J connectivity index is 1.99. The van der Waals surface area contributed by atoms with Gasteiger partial charge in [-0.1, -0.05) is 6.07 Å². The number of hydrogen-bond donors (Lipinski definition) is 0. The summed E-state index contributed by atoms with van der Waals surface area (Å²) in [7, 11) is 1.64. The molecule has 18 heavy (non-hydrogen) atoms. The van der Waals surface area contributed by atoms with Crippen LogP contribution in [0.3, 0.4) is 0 Å². The van der Waals surface area contributed by atoms with E-state index in [2.05, 4.69) is 4.98 Å². The standard InChI is InChI=1S/C15H13NO2/c1-18-12-4-5-13-11(7-12)8-14(15(13)17)10-3-2-6-16-9-10/h2-7,9,14H,8H2,1H3. The highest BCUT2D eigenvalue weighted by atomic mass is 16.5. The van der Waals surface area contributed by atoms with Gasteiger partial charge in [-0.05, 0) is 41.8 Å². The van der Waals surface area contributed by atoms with Gasteiger partial charge in [-0.3, -0.25) is 9.78 Å². The molecular weight excluding hydrogens is 226 g/mol. The van der Waals surface area contributed by atoms with E-state index in [1.807, 2.05) is 30.3 Å². The monoisotopic (exact) mass is 239 g/mol. The molecule has 0 fully saturated rings. The van der Waals surface area contributed by atoms with Crippen LogP contribution in [0.1, 0.15) is 27.4 Å². The van der Waals surface area contributed by atoms with E-state index in [0.29, 0.717) is 0 Å². The Bertz CT molecular complexity index is 593. The average molecular weight is 239 g/mol. The molecule has 1 unspecified atom stereocenters. The normalized spacial score (nSPS) is 17.6. The molecule has 0 N–H and O–H groups in total. The molecule has 0 saturated heterocycles. The average Bonchev–Trinajstić information content (AvgIpc) is 2.76. The number of pyridine rings is 1. The van der Waals surface area contributed by atoms with Crippen molar-refractivity contribution in [3.05, 3.63) is 59.4 Å². The molecule has 1 heterocycles. The van der Waals surface area contributed by atoms with Crippen molar-refractivity contribution in [2.75, 3.05) is 7.11 Å². The number of methoxy groups -OCH3 is 1. The fourth-order valence-corrected chi connectivity index (χ4v) is 2.46. The number of hydrogen-bond acceptors (Lipinski definition) is 3. The minimum absolute atomic E-state index is 0.0965. The number of fused-ring (bicyclic) bond motifs is 1. The molecular formula is C15H13NO2. The first kappa shape index (κ1) is 11.0. The molecule has 2 aromatic rings. The van der Waals surface area contributed by atoms with Gasteiger partial charge in [0.15, 0.2) is 5.78 Å². The highest BCUT2D eigenvalue weighted by Gasteiger charge is 2.31. The predicted octanol–water partition coefficient (Wildman–Crippen LogP) is 2.61. The van der Waals surface area contributed by atoms with Gasteiger partial charge in [0, 0.05) is 18.0 Å². The van der Waals surface area contributed by atoms with E-state index < -0.39 is 0 Å². The number of aromatic nitrogens is 1. The third-order valence-corrected chi connectivity index (χ3v) is 3.41. The number of rotatable bonds is 2. The van der Waals surface area contributed by atoms with Crippen molar-refractivity contribution in [1.82, 2.24) is 4.98 Å². The smallest absolute Gasteiger partial charge is 0.170 e. The first-order chi connectivity index (χ1) is 8.79. The number of carbonyl (C=O) groups excluding carboxylic acids is 1. The SMILES string of the molecule is COc1ccc2c(c1)CC(c1cccnc1)C2=O. The molecule has 0 bridgehead atoms. The Kier molecular flexibility index (Phi) is 2.59. The Morgan fingerprint density at radius 2 is 2.22 bits per heavy atom. The van der Waals surface area contributed by atoms with Gasteiger partial charge in [-0.15, -0.1) is 0 Å². The fraction of sp³-hybridized carbons (Fsp3) is 0.200. The maximum absolute atomic E-state index is 12.3. The van der Waals surface area contributed by atoms with Crippen LogP contribution in [0.4, 0.5) is 0 Å². The second kappa shape index (κ2) is 4.26. The molecule has 1 aliphatic rings. The molecule has 1 aromatic carbocycles. The molecule has 3 rings (SSSR count). The van der Waals surface area contributed by atoms with Crippen LogP contribution in [0.2, 0.25) is 0 Å². The molecule has 0 saturated carbocycles. The summed E-state index contributed by atoms with van der Waals surface area (Å²) in [6.45, 7) is 0. The third kappa shape index (κ3) is 1.68. The topological polar surface area (TPSA) is 39.2 Å². The highest BCUT2D eigenvalue weighted by molar-refractivity contribution is 6.05. The van der Waals surface area contributed by atoms with E-state index >= 15 is 0 Å². The number of carbonyl (C=O) groups is 1. The molecule has 3 heteroatoms. The zero-order chi connectivity index (χ0) is 12.5. The largest absolute Gasteiger partial charge is 0.497 e. The van der Waals surface area contributed by atoms with Crippen LogP contribution in [-0.4, -0.2) is 17.9 Å². The molecule has 3 nitrogen and oxygen atoms in total. The van der Waals surface area contributed by atoms with Crippen LogP contribution in [0, 0.1) is 0 Å². The Morgan fingerprint density at radius 3 is 2.94 bits per heavy atom. The second-order valence-corrected chi connectivity index (χ2v) is 4.43. The van der Waals surface area contributed by atoms with Crippen LogP contribution < -0.4 is 4.74 Å². The molecule has 90 valence electrons. The molecule has 0 amide bonds. The number of ketones is 1. The first-order valence-corrected chi connectivity index (χ1v) is 5.90. The second-order valence-electron chi connectivity index (χ2n) is 4.43. The van der Waals surface area contributed by atoms with Gasteiger partial charge in [-0.25, -0.2) is 0 Å². The third-order valence-electron chi connectivity index (χ3n) is 3.41. The van der Waals surface area contributed by atoms with Gasteiger partial charge in [0.1, 0.15) is 5.75 Å². The Hall–Kier alpha value is -2.16. The quantitative estimate of drug-likeness (QED) is 0.808. The highest BCUT2D eigenvalue weighted by Crippen LogP contribution is 2.35. The van der Waals surface area contributed by atoms with Gasteiger partial charge in [0.05, 0.1) is 13.0 Å². The lowest BCUT2D eigenvalue weighted by atomic mass is 9.97. The molecule has 1 atom stereocenters. The fourth-order valence-electron chi connectivity index (χ4n) is 2.46. The van der Waals surface area contributed by atoms with Crippen LogP contribution in [0.5, 0.6) is 5.75 Å². The van der Waals surface area contributed by atoms with E-state index in [1.54, 1.807) is 19.5 Å². The number of ether oxygens (including phenoxy) is 1. The summed E-state index contributed by atoms with van der Waals surface area (Å²) in [4.78, 5) is 16.4. The number of benzene rings is 1. The first-order valence-electron chi connectivity index (χ1n) is 5.90. The van der Waals surface area contributed by atoms with Crippen molar-refractivity contribution >= 4 is 5.78 Å². The van der Waals surface area contributed by atoms with Gasteiger partial charge >= 0.3 is 0 Å². The summed E-state index contributed by atoms with van der Waals surface area (Å²) in [5.74, 6) is 0.884. The summed E-state index contributed by atoms with van der Waals surface area (Å²) >= 11 is 0. The van der Waals surface area contributed by atoms with Gasteiger partial charge in [0.2, 0.25) is 0 Å². The minimum atomic E-state index is -0.0965. The molecule has 0 aliphatic heterocycles. The van der Waals surface area contributed by atoms with Crippen LogP contribution >= 0.6 is 0 Å². The van der Waals surface area contributed by atoms with Crippen LogP contribution in [-0.2, 0) is 6.42 Å². The van der Waals surface area contributed by atoms with E-state index in [9.17, 15) is 4.79 Å². The summed E-state index contributed by atoms with van der Waals surface area (Å²) in [6.07, 6.45) is 4.22. The molecule has 1 aliphatic carbocycles. The lowest BCUT2D eigenvalue weighted by Crippen LogP contribution is -2.06. The van der Waals surface area contributed by atoms with E-state index in [4.69, 9.17) is 4.74 Å². The summed E-state index contributed by atoms with van der Waals surface area (Å²) in [5, 5.41) is 0. The predicted molar refractivity (Wildman–Crippen MR) is 68.0 cm³/mol. The van der Waals surface area contributed by atoms with Gasteiger partial charge in [0.25, 0.3) is 0 Å². The zero-order valence-electron chi connectivity index (χ0n) is 10.1. The van der Waals surface area contributed by atoms with Crippen molar-refractivity contribution in [3.8, 4) is 5.75 Å².